The number of amides is 3. The van der Waals surface area contributed by atoms with E-state index in [1.54, 1.807) is 35.6 Å². The predicted octanol–water partition coefficient (Wildman–Crippen LogP) is -0.773. The number of rotatable bonds is 2. The van der Waals surface area contributed by atoms with E-state index in [-0.39, 0.29) is 23.8 Å². The minimum atomic E-state index is -0.526. The number of hydrogen-bond acceptors (Lipinski definition) is 4. The first-order valence-electron chi connectivity index (χ1n) is 7.82. The van der Waals surface area contributed by atoms with E-state index in [0.29, 0.717) is 19.6 Å². The number of piperazine rings is 2. The third-order valence-corrected chi connectivity index (χ3v) is 4.98. The number of hydrogen-bond donors (Lipinski definition) is 0. The van der Waals surface area contributed by atoms with Crippen LogP contribution in [-0.4, -0.2) is 95.7 Å². The van der Waals surface area contributed by atoms with Crippen LogP contribution in [0.3, 0.4) is 0 Å². The van der Waals surface area contributed by atoms with E-state index in [2.05, 4.69) is 0 Å². The van der Waals surface area contributed by atoms with Gasteiger partial charge in [0, 0.05) is 33.2 Å². The summed E-state index contributed by atoms with van der Waals surface area (Å²) in [5.41, 5.74) is 0. The molecule has 7 heteroatoms. The Morgan fingerprint density at radius 3 is 2.27 bits per heavy atom. The van der Waals surface area contributed by atoms with Gasteiger partial charge in [0.25, 0.3) is 0 Å². The Morgan fingerprint density at radius 2 is 1.64 bits per heavy atom. The molecule has 0 N–H and O–H groups in total. The van der Waals surface area contributed by atoms with E-state index < -0.39 is 12.1 Å². The molecule has 124 valence electrons. The summed E-state index contributed by atoms with van der Waals surface area (Å²) in [5, 5.41) is 0. The highest BCUT2D eigenvalue weighted by Crippen LogP contribution is 2.17. The summed E-state index contributed by atoms with van der Waals surface area (Å²) in [5.74, 6) is -0.216. The molecule has 3 atom stereocenters. The van der Waals surface area contributed by atoms with E-state index in [9.17, 15) is 14.4 Å². The molecule has 0 saturated carbocycles. The standard InChI is InChI=1S/C15H26N4O3/c1-10-14(21)19(8-6-16(10)4)12(3)15(22)18-9-7-17(5)13(20)11(18)2/h10-12H,6-9H2,1-5H3/t10-,11-,12-/m0/s1. The molecule has 0 unspecified atom stereocenters. The first-order valence-corrected chi connectivity index (χ1v) is 7.82. The summed E-state index contributed by atoms with van der Waals surface area (Å²) in [4.78, 5) is 44.1. The fraction of sp³-hybridized carbons (Fsp3) is 0.800. The lowest BCUT2D eigenvalue weighted by molar-refractivity contribution is -0.157. The van der Waals surface area contributed by atoms with Crippen LogP contribution in [0.15, 0.2) is 0 Å². The Kier molecular flexibility index (Phi) is 4.75. The molecule has 22 heavy (non-hydrogen) atoms. The molecule has 2 heterocycles. The lowest BCUT2D eigenvalue weighted by Crippen LogP contribution is -2.63. The lowest BCUT2D eigenvalue weighted by atomic mass is 10.1. The van der Waals surface area contributed by atoms with Gasteiger partial charge >= 0.3 is 0 Å². The van der Waals surface area contributed by atoms with Crippen LogP contribution in [0.1, 0.15) is 20.8 Å². The molecule has 0 aliphatic carbocycles. The average molecular weight is 310 g/mol. The highest BCUT2D eigenvalue weighted by atomic mass is 16.2. The normalized spacial score (nSPS) is 29.0. The molecule has 7 nitrogen and oxygen atoms in total. The van der Waals surface area contributed by atoms with Crippen molar-refractivity contribution in [2.24, 2.45) is 0 Å². The summed E-state index contributed by atoms with van der Waals surface area (Å²) in [6.45, 7) is 7.71. The first-order chi connectivity index (χ1) is 10.3. The first kappa shape index (κ1) is 16.7. The van der Waals surface area contributed by atoms with Gasteiger partial charge in [-0.2, -0.15) is 0 Å². The Hall–Kier alpha value is -1.63. The van der Waals surface area contributed by atoms with Gasteiger partial charge in [0.1, 0.15) is 12.1 Å². The zero-order valence-corrected chi connectivity index (χ0v) is 14.1. The summed E-state index contributed by atoms with van der Waals surface area (Å²) in [7, 11) is 3.66. The van der Waals surface area contributed by atoms with Crippen molar-refractivity contribution in [2.45, 2.75) is 38.9 Å². The van der Waals surface area contributed by atoms with E-state index in [1.165, 1.54) is 0 Å². The molecular formula is C15H26N4O3. The fourth-order valence-electron chi connectivity index (χ4n) is 3.07. The second kappa shape index (κ2) is 6.24. The van der Waals surface area contributed by atoms with Crippen LogP contribution >= 0.6 is 0 Å². The molecule has 0 aromatic carbocycles. The maximum absolute atomic E-state index is 12.7. The van der Waals surface area contributed by atoms with Crippen molar-refractivity contribution in [1.82, 2.24) is 19.6 Å². The van der Waals surface area contributed by atoms with Crippen molar-refractivity contribution in [3.05, 3.63) is 0 Å². The molecule has 0 spiro atoms. The Labute approximate surface area is 131 Å². The third kappa shape index (κ3) is 2.82. The smallest absolute Gasteiger partial charge is 0.245 e. The molecule has 3 amide bonds. The highest BCUT2D eigenvalue weighted by Gasteiger charge is 2.39. The van der Waals surface area contributed by atoms with Gasteiger partial charge < -0.3 is 14.7 Å². The van der Waals surface area contributed by atoms with Crippen LogP contribution in [0, 0.1) is 0 Å². The minimum absolute atomic E-state index is 0.0253. The highest BCUT2D eigenvalue weighted by molar-refractivity contribution is 5.93. The second-order valence-electron chi connectivity index (χ2n) is 6.33. The van der Waals surface area contributed by atoms with E-state index in [1.807, 2.05) is 18.9 Å². The largest absolute Gasteiger partial charge is 0.342 e. The van der Waals surface area contributed by atoms with Crippen molar-refractivity contribution < 1.29 is 14.4 Å². The lowest BCUT2D eigenvalue weighted by Gasteiger charge is -2.43. The minimum Gasteiger partial charge on any atom is -0.342 e. The predicted molar refractivity (Wildman–Crippen MR) is 82.1 cm³/mol. The molecule has 2 aliphatic rings. The van der Waals surface area contributed by atoms with Crippen molar-refractivity contribution in [1.29, 1.82) is 0 Å². The zero-order valence-electron chi connectivity index (χ0n) is 14.1. The van der Waals surface area contributed by atoms with Gasteiger partial charge in [-0.05, 0) is 27.8 Å². The van der Waals surface area contributed by atoms with E-state index >= 15 is 0 Å². The van der Waals surface area contributed by atoms with E-state index in [4.69, 9.17) is 0 Å². The second-order valence-corrected chi connectivity index (χ2v) is 6.33. The molecule has 0 aromatic heterocycles. The van der Waals surface area contributed by atoms with Gasteiger partial charge in [-0.15, -0.1) is 0 Å². The number of nitrogens with zero attached hydrogens (tertiary/aromatic N) is 4. The maximum atomic E-state index is 12.7. The monoisotopic (exact) mass is 310 g/mol. The molecule has 0 radical (unpaired) electrons. The van der Waals surface area contributed by atoms with Crippen molar-refractivity contribution in [3.63, 3.8) is 0 Å². The Morgan fingerprint density at radius 1 is 1.00 bits per heavy atom. The van der Waals surface area contributed by atoms with Crippen LogP contribution < -0.4 is 0 Å². The summed E-state index contributed by atoms with van der Waals surface area (Å²) >= 11 is 0. The van der Waals surface area contributed by atoms with Crippen molar-refractivity contribution in [3.8, 4) is 0 Å². The van der Waals surface area contributed by atoms with Crippen LogP contribution in [-0.2, 0) is 14.4 Å². The maximum Gasteiger partial charge on any atom is 0.245 e. The van der Waals surface area contributed by atoms with Gasteiger partial charge in [0.15, 0.2) is 0 Å². The fourth-order valence-corrected chi connectivity index (χ4v) is 3.07. The SMILES string of the molecule is C[C@H]1C(=O)N([C@@H](C)C(=O)N2CCN(C)C(=O)[C@@H]2C)CCN1C. The Bertz CT molecular complexity index is 481. The van der Waals surface area contributed by atoms with E-state index in [0.717, 1.165) is 6.54 Å². The van der Waals surface area contributed by atoms with Gasteiger partial charge in [-0.3, -0.25) is 19.3 Å². The summed E-state index contributed by atoms with van der Waals surface area (Å²) in [6.07, 6.45) is 0. The molecule has 2 saturated heterocycles. The van der Waals surface area contributed by atoms with Crippen LogP contribution in [0.4, 0.5) is 0 Å². The molecule has 0 aromatic rings. The van der Waals surface area contributed by atoms with Crippen molar-refractivity contribution >= 4 is 17.7 Å². The number of carbonyl (C=O) groups is 3. The molecular weight excluding hydrogens is 284 g/mol. The van der Waals surface area contributed by atoms with Gasteiger partial charge in [-0.25, -0.2) is 0 Å². The van der Waals surface area contributed by atoms with Crippen LogP contribution in [0.25, 0.3) is 0 Å². The summed E-state index contributed by atoms with van der Waals surface area (Å²) < 4.78 is 0. The van der Waals surface area contributed by atoms with Crippen LogP contribution in [0.5, 0.6) is 0 Å². The van der Waals surface area contributed by atoms with Gasteiger partial charge in [0.05, 0.1) is 6.04 Å². The molecule has 2 rings (SSSR count). The number of carbonyl (C=O) groups excluding carboxylic acids is 3. The molecule has 2 aliphatic heterocycles. The third-order valence-electron chi connectivity index (χ3n) is 4.98. The van der Waals surface area contributed by atoms with Gasteiger partial charge in [0.2, 0.25) is 17.7 Å². The van der Waals surface area contributed by atoms with Crippen LogP contribution in [0.2, 0.25) is 0 Å². The number of likely N-dealkylation sites (N-methyl/N-ethyl adjacent to an activating group) is 2. The summed E-state index contributed by atoms with van der Waals surface area (Å²) in [6, 6.07) is -1.20. The quantitative estimate of drug-likeness (QED) is 0.672. The Balaban J connectivity index is 2.09. The van der Waals surface area contributed by atoms with Gasteiger partial charge in [-0.1, -0.05) is 0 Å². The average Bonchev–Trinajstić information content (AvgIpc) is 2.49. The molecule has 2 fully saturated rings. The topological polar surface area (TPSA) is 64.2 Å². The molecule has 0 bridgehead atoms. The zero-order chi connectivity index (χ0) is 16.6. The van der Waals surface area contributed by atoms with Crippen molar-refractivity contribution in [2.75, 3.05) is 40.3 Å².